The molecule has 2 heterocycles. The average molecular weight is 288 g/mol. The predicted molar refractivity (Wildman–Crippen MR) is 72.2 cm³/mol. The summed E-state index contributed by atoms with van der Waals surface area (Å²) in [5.74, 6) is 0. The molecule has 0 radical (unpaired) electrons. The van der Waals surface area contributed by atoms with E-state index in [1.54, 1.807) is 6.20 Å². The summed E-state index contributed by atoms with van der Waals surface area (Å²) in [6.45, 7) is 2.15. The van der Waals surface area contributed by atoms with Crippen LogP contribution in [0.1, 0.15) is 19.8 Å². The Morgan fingerprint density at radius 2 is 2.47 bits per heavy atom. The number of carbonyl (C=O) groups is 1. The first kappa shape index (κ1) is 14.4. The second-order valence-corrected chi connectivity index (χ2v) is 5.61. The molecule has 7 nitrogen and oxygen atoms in total. The Kier molecular flexibility index (Phi) is 4.54. The Morgan fingerprint density at radius 3 is 3.16 bits per heavy atom. The second kappa shape index (κ2) is 5.98. The highest BCUT2D eigenvalue weighted by Gasteiger charge is 2.35. The molecular formula is C11H19N3O4P+. The van der Waals surface area contributed by atoms with Gasteiger partial charge in [-0.25, -0.2) is 4.79 Å². The highest BCUT2D eigenvalue weighted by Crippen LogP contribution is 2.27. The third-order valence-electron chi connectivity index (χ3n) is 3.15. The van der Waals surface area contributed by atoms with Crippen LogP contribution < -0.4 is 11.1 Å². The molecular weight excluding hydrogens is 269 g/mol. The molecule has 0 saturated carbocycles. The van der Waals surface area contributed by atoms with Crippen LogP contribution in [0.15, 0.2) is 11.8 Å². The van der Waals surface area contributed by atoms with Crippen molar-refractivity contribution in [3.8, 4) is 0 Å². The van der Waals surface area contributed by atoms with Crippen LogP contribution in [0.5, 0.6) is 0 Å². The highest BCUT2D eigenvalue weighted by molar-refractivity contribution is 7.44. The van der Waals surface area contributed by atoms with E-state index in [9.17, 15) is 4.79 Å². The Balaban J connectivity index is 1.93. The van der Waals surface area contributed by atoms with Crippen molar-refractivity contribution in [2.75, 3.05) is 6.61 Å². The van der Waals surface area contributed by atoms with Crippen molar-refractivity contribution >= 4 is 20.3 Å². The number of hydrogen-bond donors (Lipinski definition) is 3. The maximum Gasteiger partial charge on any atom is 0.420 e. The van der Waals surface area contributed by atoms with Gasteiger partial charge in [0, 0.05) is 6.20 Å². The normalized spacial score (nSPS) is 32.1. The summed E-state index contributed by atoms with van der Waals surface area (Å²) in [7, 11) is -1.62. The number of carbonyl (C=O) groups excluding carboxylic acids is 1. The van der Waals surface area contributed by atoms with E-state index in [0.29, 0.717) is 6.61 Å². The second-order valence-electron chi connectivity index (χ2n) is 4.65. The van der Waals surface area contributed by atoms with E-state index in [2.05, 4.69) is 11.6 Å². The number of urea groups is 1. The molecule has 19 heavy (non-hydrogen) atoms. The van der Waals surface area contributed by atoms with Crippen LogP contribution in [-0.2, 0) is 9.26 Å². The molecule has 2 aliphatic heterocycles. The van der Waals surface area contributed by atoms with Gasteiger partial charge in [-0.2, -0.15) is 9.42 Å². The molecule has 1 saturated heterocycles. The van der Waals surface area contributed by atoms with Gasteiger partial charge >= 0.3 is 14.0 Å². The van der Waals surface area contributed by atoms with Crippen LogP contribution in [0.2, 0.25) is 0 Å². The van der Waals surface area contributed by atoms with E-state index in [1.807, 2.05) is 6.92 Å². The number of nitrogens with two attached hydrogens (primary N) is 1. The van der Waals surface area contributed by atoms with Gasteiger partial charge in [0.15, 0.2) is 0 Å². The van der Waals surface area contributed by atoms with Gasteiger partial charge < -0.3 is 15.8 Å². The van der Waals surface area contributed by atoms with Crippen LogP contribution in [0.3, 0.4) is 0 Å². The van der Waals surface area contributed by atoms with Crippen LogP contribution in [0, 0.1) is 0 Å². The summed E-state index contributed by atoms with van der Waals surface area (Å²) < 4.78 is 10.8. The lowest BCUT2D eigenvalue weighted by Gasteiger charge is -2.32. The number of nitrogens with zero attached hydrogens (tertiary/aromatic N) is 1. The quantitative estimate of drug-likeness (QED) is 0.653. The summed E-state index contributed by atoms with van der Waals surface area (Å²) in [5.41, 5.74) is 6.59. The first-order chi connectivity index (χ1) is 8.97. The minimum absolute atomic E-state index is 0.124. The van der Waals surface area contributed by atoms with Crippen molar-refractivity contribution < 1.29 is 18.9 Å². The van der Waals surface area contributed by atoms with E-state index in [1.165, 1.54) is 4.90 Å². The molecule has 0 aromatic rings. The first-order valence-electron chi connectivity index (χ1n) is 6.08. The fourth-order valence-corrected chi connectivity index (χ4v) is 2.42. The van der Waals surface area contributed by atoms with Crippen LogP contribution >= 0.6 is 8.00 Å². The molecule has 4 unspecified atom stereocenters. The van der Waals surface area contributed by atoms with Crippen molar-refractivity contribution in [2.45, 2.75) is 38.3 Å². The van der Waals surface area contributed by atoms with Gasteiger partial charge in [0.05, 0.1) is 6.10 Å². The minimum atomic E-state index is -1.62. The van der Waals surface area contributed by atoms with E-state index in [4.69, 9.17) is 19.9 Å². The summed E-state index contributed by atoms with van der Waals surface area (Å²) in [5, 5.41) is 2.66. The van der Waals surface area contributed by atoms with Crippen LogP contribution in [0.4, 0.5) is 4.79 Å². The van der Waals surface area contributed by atoms with Crippen LogP contribution in [0.25, 0.3) is 0 Å². The molecule has 0 bridgehead atoms. The number of rotatable bonds is 4. The van der Waals surface area contributed by atoms with Crippen molar-refractivity contribution in [3.63, 3.8) is 0 Å². The molecule has 0 spiro atoms. The molecule has 2 aliphatic rings. The molecule has 8 heteroatoms. The molecule has 1 fully saturated rings. The van der Waals surface area contributed by atoms with E-state index < -0.39 is 14.2 Å². The SMILES string of the molecule is C=[P+](O)OCC1CCC(N2C=C(C)C(N)NC2=O)O1. The van der Waals surface area contributed by atoms with Crippen LogP contribution in [-0.4, -0.2) is 47.2 Å². The van der Waals surface area contributed by atoms with E-state index in [0.717, 1.165) is 18.4 Å². The predicted octanol–water partition coefficient (Wildman–Crippen LogP) is 0.458. The van der Waals surface area contributed by atoms with Gasteiger partial charge in [-0.15, -0.1) is 0 Å². The number of hydrogen-bond acceptors (Lipinski definition) is 5. The standard InChI is InChI=1S/C11H18N3O4P/c1-7-5-14(11(15)13-10(7)12)9-4-3-8(18-9)6-17-19(2)16/h5,8-10H,2-4,6,12H2,1H3,(H-,13,15,16)/p+1. The van der Waals surface area contributed by atoms with Gasteiger partial charge in [0.2, 0.25) is 0 Å². The summed E-state index contributed by atoms with van der Waals surface area (Å²) in [4.78, 5) is 22.4. The molecule has 0 aromatic carbocycles. The molecule has 4 atom stereocenters. The lowest BCUT2D eigenvalue weighted by atomic mass is 10.2. The smallest absolute Gasteiger partial charge is 0.352 e. The number of ether oxygens (including phenoxy) is 1. The molecule has 0 aromatic heterocycles. The Labute approximate surface area is 112 Å². The zero-order valence-corrected chi connectivity index (χ0v) is 11.7. The zero-order valence-electron chi connectivity index (χ0n) is 10.8. The Morgan fingerprint density at radius 1 is 1.74 bits per heavy atom. The Hall–Kier alpha value is -0.980. The van der Waals surface area contributed by atoms with Gasteiger partial charge in [0.25, 0.3) is 0 Å². The van der Waals surface area contributed by atoms with Gasteiger partial charge in [-0.3, -0.25) is 4.90 Å². The van der Waals surface area contributed by atoms with Crippen molar-refractivity contribution in [3.05, 3.63) is 11.8 Å². The summed E-state index contributed by atoms with van der Waals surface area (Å²) in [6, 6.07) is -0.258. The number of nitrogens with one attached hydrogen (secondary N) is 1. The molecule has 106 valence electrons. The average Bonchev–Trinajstić information content (AvgIpc) is 2.80. The fraction of sp³-hybridized carbons (Fsp3) is 0.636. The number of amides is 2. The third kappa shape index (κ3) is 3.52. The lowest BCUT2D eigenvalue weighted by Crippen LogP contribution is -2.54. The van der Waals surface area contributed by atoms with Gasteiger partial charge in [-0.05, 0) is 25.3 Å². The topological polar surface area (TPSA) is 97.0 Å². The van der Waals surface area contributed by atoms with Gasteiger partial charge in [0.1, 0.15) is 25.3 Å². The van der Waals surface area contributed by atoms with Crippen molar-refractivity contribution in [1.29, 1.82) is 0 Å². The zero-order chi connectivity index (χ0) is 14.0. The molecule has 0 aliphatic carbocycles. The third-order valence-corrected chi connectivity index (χ3v) is 3.60. The molecule has 2 amide bonds. The van der Waals surface area contributed by atoms with E-state index in [-0.39, 0.29) is 18.4 Å². The monoisotopic (exact) mass is 288 g/mol. The minimum Gasteiger partial charge on any atom is -0.352 e. The van der Waals surface area contributed by atoms with Crippen molar-refractivity contribution in [2.24, 2.45) is 5.73 Å². The lowest BCUT2D eigenvalue weighted by molar-refractivity contribution is -0.0331. The maximum atomic E-state index is 11.8. The van der Waals surface area contributed by atoms with Gasteiger partial charge in [-0.1, -0.05) is 0 Å². The highest BCUT2D eigenvalue weighted by atomic mass is 31.1. The Bertz CT molecular complexity index is 415. The fourth-order valence-electron chi connectivity index (χ4n) is 2.08. The summed E-state index contributed by atoms with van der Waals surface area (Å²) in [6.07, 6.45) is 5.73. The molecule has 2 rings (SSSR count). The van der Waals surface area contributed by atoms with E-state index >= 15 is 0 Å². The molecule has 4 N–H and O–H groups in total. The van der Waals surface area contributed by atoms with Crippen molar-refractivity contribution in [1.82, 2.24) is 10.2 Å². The maximum absolute atomic E-state index is 11.8. The first-order valence-corrected chi connectivity index (χ1v) is 7.47. The summed E-state index contributed by atoms with van der Waals surface area (Å²) >= 11 is 0. The largest absolute Gasteiger partial charge is 0.420 e.